The van der Waals surface area contributed by atoms with Gasteiger partial charge in [-0.15, -0.1) is 0 Å². The summed E-state index contributed by atoms with van der Waals surface area (Å²) in [6.07, 6.45) is 1.72. The Hall–Kier alpha value is -3.26. The van der Waals surface area contributed by atoms with E-state index in [1.807, 2.05) is 53.9 Å². The first-order chi connectivity index (χ1) is 14.0. The largest absolute Gasteiger partial charge is 0.349 e. The highest BCUT2D eigenvalue weighted by Crippen LogP contribution is 2.32. The monoisotopic (exact) mass is 406 g/mol. The van der Waals surface area contributed by atoms with Gasteiger partial charge in [0.05, 0.1) is 34.9 Å². The number of hydrogen-bond acceptors (Lipinski definition) is 6. The minimum Gasteiger partial charge on any atom is -0.349 e. The van der Waals surface area contributed by atoms with Crippen molar-refractivity contribution in [1.29, 1.82) is 0 Å². The second-order valence-corrected chi connectivity index (χ2v) is 7.92. The molecule has 3 aromatic heterocycles. The second kappa shape index (κ2) is 8.00. The summed E-state index contributed by atoms with van der Waals surface area (Å²) in [6.45, 7) is 4.67. The van der Waals surface area contributed by atoms with Crippen LogP contribution in [0.1, 0.15) is 17.0 Å². The molecule has 0 aliphatic carbocycles. The molecule has 1 N–H and O–H groups in total. The van der Waals surface area contributed by atoms with E-state index in [4.69, 9.17) is 4.98 Å². The van der Waals surface area contributed by atoms with Gasteiger partial charge in [-0.05, 0) is 43.7 Å². The van der Waals surface area contributed by atoms with Gasteiger partial charge in [-0.3, -0.25) is 9.78 Å². The molecule has 1 amide bonds. The Bertz CT molecular complexity index is 1150. The van der Waals surface area contributed by atoms with Gasteiger partial charge in [0, 0.05) is 13.2 Å². The molecule has 29 heavy (non-hydrogen) atoms. The fraction of sp³-hybridized carbons (Fsp3) is 0.238. The van der Waals surface area contributed by atoms with E-state index in [1.165, 1.54) is 5.56 Å². The maximum atomic E-state index is 12.3. The number of anilines is 1. The summed E-state index contributed by atoms with van der Waals surface area (Å²) in [5.74, 6) is -0.0746. The molecular formula is C21H22N6OS. The molecule has 0 saturated carbocycles. The molecule has 0 bridgehead atoms. The van der Waals surface area contributed by atoms with Gasteiger partial charge in [0.15, 0.2) is 10.8 Å². The number of amides is 1. The number of thiazole rings is 1. The van der Waals surface area contributed by atoms with Gasteiger partial charge in [0.2, 0.25) is 5.91 Å². The lowest BCUT2D eigenvalue weighted by Crippen LogP contribution is -2.34. The minimum absolute atomic E-state index is 0.0746. The fourth-order valence-electron chi connectivity index (χ4n) is 3.06. The summed E-state index contributed by atoms with van der Waals surface area (Å²) < 4.78 is 2.90. The molecule has 0 saturated heterocycles. The number of benzene rings is 1. The normalized spacial score (nSPS) is 11.0. The SMILES string of the molecule is Cc1cccc(-n2nc(C)c3sc(N(C)CC(=O)NCc4ccccn4)nc32)c1. The molecule has 0 fully saturated rings. The van der Waals surface area contributed by atoms with E-state index < -0.39 is 0 Å². The van der Waals surface area contributed by atoms with Crippen molar-refractivity contribution in [1.82, 2.24) is 25.1 Å². The molecule has 148 valence electrons. The molecule has 0 aliphatic rings. The van der Waals surface area contributed by atoms with Gasteiger partial charge in [-0.2, -0.15) is 10.1 Å². The van der Waals surface area contributed by atoms with Crippen LogP contribution < -0.4 is 10.2 Å². The van der Waals surface area contributed by atoms with E-state index in [0.29, 0.717) is 6.54 Å². The fourth-order valence-corrected chi connectivity index (χ4v) is 4.00. The first kappa shape index (κ1) is 19.1. The summed E-state index contributed by atoms with van der Waals surface area (Å²) in [5.41, 5.74) is 4.72. The van der Waals surface area contributed by atoms with Crippen LogP contribution >= 0.6 is 11.3 Å². The van der Waals surface area contributed by atoms with E-state index in [0.717, 1.165) is 32.6 Å². The van der Waals surface area contributed by atoms with Crippen molar-refractivity contribution in [3.05, 3.63) is 65.6 Å². The molecule has 7 nitrogen and oxygen atoms in total. The Morgan fingerprint density at radius 2 is 2.07 bits per heavy atom. The number of fused-ring (bicyclic) bond motifs is 1. The van der Waals surface area contributed by atoms with Gasteiger partial charge < -0.3 is 10.2 Å². The number of likely N-dealkylation sites (N-methyl/N-ethyl adjacent to an activating group) is 1. The molecule has 0 aliphatic heterocycles. The first-order valence-electron chi connectivity index (χ1n) is 9.32. The number of carbonyl (C=O) groups is 1. The van der Waals surface area contributed by atoms with Crippen molar-refractivity contribution in [3.8, 4) is 5.69 Å². The topological polar surface area (TPSA) is 75.9 Å². The van der Waals surface area contributed by atoms with Gasteiger partial charge >= 0.3 is 0 Å². The Kier molecular flexibility index (Phi) is 5.26. The van der Waals surface area contributed by atoms with Crippen LogP contribution in [-0.4, -0.2) is 39.2 Å². The van der Waals surface area contributed by atoms with Crippen LogP contribution in [0.4, 0.5) is 5.13 Å². The number of hydrogen-bond donors (Lipinski definition) is 1. The lowest BCUT2D eigenvalue weighted by molar-refractivity contribution is -0.119. The van der Waals surface area contributed by atoms with E-state index in [9.17, 15) is 4.79 Å². The third-order valence-electron chi connectivity index (χ3n) is 4.52. The number of pyridine rings is 1. The van der Waals surface area contributed by atoms with Crippen LogP contribution in [-0.2, 0) is 11.3 Å². The smallest absolute Gasteiger partial charge is 0.239 e. The number of aromatic nitrogens is 4. The zero-order valence-electron chi connectivity index (χ0n) is 16.6. The number of nitrogens with one attached hydrogen (secondary N) is 1. The van der Waals surface area contributed by atoms with Crippen LogP contribution in [0.3, 0.4) is 0 Å². The van der Waals surface area contributed by atoms with Crippen LogP contribution in [0, 0.1) is 13.8 Å². The van der Waals surface area contributed by atoms with E-state index in [-0.39, 0.29) is 12.5 Å². The Labute approximate surface area is 173 Å². The van der Waals surface area contributed by atoms with Crippen LogP contribution in [0.15, 0.2) is 48.7 Å². The van der Waals surface area contributed by atoms with Crippen molar-refractivity contribution in [2.75, 3.05) is 18.5 Å². The summed E-state index contributed by atoms with van der Waals surface area (Å²) in [5, 5.41) is 8.33. The van der Waals surface area contributed by atoms with Crippen LogP contribution in [0.5, 0.6) is 0 Å². The Balaban J connectivity index is 1.50. The number of nitrogens with zero attached hydrogens (tertiary/aromatic N) is 5. The lowest BCUT2D eigenvalue weighted by atomic mass is 10.2. The standard InChI is InChI=1S/C21H22N6OS/c1-14-7-6-9-17(11-14)27-20-19(15(2)25-27)29-21(24-20)26(3)13-18(28)23-12-16-8-4-5-10-22-16/h4-11H,12-13H2,1-3H3,(H,23,28). The van der Waals surface area contributed by atoms with Gasteiger partial charge in [0.25, 0.3) is 0 Å². The number of carbonyl (C=O) groups excluding carboxylic acids is 1. The highest BCUT2D eigenvalue weighted by atomic mass is 32.1. The summed E-state index contributed by atoms with van der Waals surface area (Å²) in [4.78, 5) is 23.2. The highest BCUT2D eigenvalue weighted by Gasteiger charge is 2.18. The third-order valence-corrected chi connectivity index (χ3v) is 5.79. The lowest BCUT2D eigenvalue weighted by Gasteiger charge is -2.15. The predicted molar refractivity (Wildman–Crippen MR) is 116 cm³/mol. The molecular weight excluding hydrogens is 384 g/mol. The van der Waals surface area contributed by atoms with E-state index in [2.05, 4.69) is 34.5 Å². The van der Waals surface area contributed by atoms with Crippen molar-refractivity contribution >= 4 is 32.7 Å². The average Bonchev–Trinajstić information content (AvgIpc) is 3.28. The molecule has 1 aromatic carbocycles. The summed E-state index contributed by atoms with van der Waals surface area (Å²) in [6, 6.07) is 13.8. The number of aryl methyl sites for hydroxylation is 2. The quantitative estimate of drug-likeness (QED) is 0.532. The molecule has 0 unspecified atom stereocenters. The summed E-state index contributed by atoms with van der Waals surface area (Å²) >= 11 is 1.55. The maximum Gasteiger partial charge on any atom is 0.239 e. The Morgan fingerprint density at radius 3 is 2.83 bits per heavy atom. The zero-order chi connectivity index (χ0) is 20.4. The molecule has 8 heteroatoms. The van der Waals surface area contributed by atoms with Crippen LogP contribution in [0.2, 0.25) is 0 Å². The summed E-state index contributed by atoms with van der Waals surface area (Å²) in [7, 11) is 1.87. The van der Waals surface area contributed by atoms with Gasteiger partial charge in [-0.1, -0.05) is 29.5 Å². The average molecular weight is 407 g/mol. The van der Waals surface area contributed by atoms with Crippen molar-refractivity contribution in [3.63, 3.8) is 0 Å². The number of rotatable bonds is 6. The molecule has 0 spiro atoms. The molecule has 4 rings (SSSR count). The maximum absolute atomic E-state index is 12.3. The van der Waals surface area contributed by atoms with Gasteiger partial charge in [-0.25, -0.2) is 4.68 Å². The van der Waals surface area contributed by atoms with Crippen molar-refractivity contribution in [2.24, 2.45) is 0 Å². The van der Waals surface area contributed by atoms with Crippen molar-refractivity contribution in [2.45, 2.75) is 20.4 Å². The predicted octanol–water partition coefficient (Wildman–Crippen LogP) is 3.25. The van der Waals surface area contributed by atoms with Crippen molar-refractivity contribution < 1.29 is 4.79 Å². The molecule has 4 aromatic rings. The van der Waals surface area contributed by atoms with Crippen LogP contribution in [0.25, 0.3) is 16.0 Å². The first-order valence-corrected chi connectivity index (χ1v) is 10.1. The highest BCUT2D eigenvalue weighted by molar-refractivity contribution is 7.22. The van der Waals surface area contributed by atoms with E-state index in [1.54, 1.807) is 17.5 Å². The molecule has 3 heterocycles. The van der Waals surface area contributed by atoms with E-state index >= 15 is 0 Å². The minimum atomic E-state index is -0.0746. The van der Waals surface area contributed by atoms with Gasteiger partial charge in [0.1, 0.15) is 0 Å². The second-order valence-electron chi connectivity index (χ2n) is 6.94. The Morgan fingerprint density at radius 1 is 1.21 bits per heavy atom. The third kappa shape index (κ3) is 4.12. The molecule has 0 atom stereocenters. The zero-order valence-corrected chi connectivity index (χ0v) is 17.4. The molecule has 0 radical (unpaired) electrons.